The van der Waals surface area contributed by atoms with E-state index in [-0.39, 0.29) is 15.7 Å². The van der Waals surface area contributed by atoms with Gasteiger partial charge >= 0.3 is 10.2 Å². The fourth-order valence-corrected chi connectivity index (χ4v) is 1.70. The van der Waals surface area contributed by atoms with Gasteiger partial charge in [0.1, 0.15) is 10.7 Å². The third kappa shape index (κ3) is 2.69. The van der Waals surface area contributed by atoms with Crippen molar-refractivity contribution in [2.24, 2.45) is 0 Å². The highest BCUT2D eigenvalue weighted by Crippen LogP contribution is 3.02. The van der Waals surface area contributed by atoms with Gasteiger partial charge in [-0.15, -0.1) is 0 Å². The maximum Gasteiger partial charge on any atom is 0.310 e. The van der Waals surface area contributed by atoms with Crippen LogP contribution in [-0.4, -0.2) is 0 Å². The third-order valence-electron chi connectivity index (χ3n) is 1.34. The second-order valence-corrected chi connectivity index (χ2v) is 6.12. The molecule has 0 aliphatic rings. The first-order chi connectivity index (χ1) is 5.90. The molecule has 82 valence electrons. The monoisotopic (exact) mass is 348 g/mol. The van der Waals surface area contributed by atoms with Crippen molar-refractivity contribution in [3.63, 3.8) is 0 Å². The summed E-state index contributed by atoms with van der Waals surface area (Å²) in [4.78, 5) is -2.21. The lowest BCUT2D eigenvalue weighted by molar-refractivity contribution is 0.363. The van der Waals surface area contributed by atoms with Crippen LogP contribution in [0.15, 0.2) is 23.1 Å². The summed E-state index contributed by atoms with van der Waals surface area (Å²) in [5, 5.41) is 0. The molecular weight excluding hydrogens is 345 g/mol. The van der Waals surface area contributed by atoms with Crippen molar-refractivity contribution in [2.75, 3.05) is 0 Å². The van der Waals surface area contributed by atoms with Gasteiger partial charge in [-0.3, -0.25) is 0 Å². The molecule has 14 heavy (non-hydrogen) atoms. The van der Waals surface area contributed by atoms with Crippen LogP contribution in [0.5, 0.6) is 0 Å². The molecule has 0 amide bonds. The van der Waals surface area contributed by atoms with Crippen LogP contribution in [0.2, 0.25) is 0 Å². The Morgan fingerprint density at radius 1 is 1.00 bits per heavy atom. The highest BCUT2D eigenvalue weighted by atomic mass is 127. The zero-order valence-electron chi connectivity index (χ0n) is 6.29. The lowest BCUT2D eigenvalue weighted by Crippen LogP contribution is -2.06. The Balaban J connectivity index is 3.45. The van der Waals surface area contributed by atoms with Crippen molar-refractivity contribution < 1.29 is 23.8 Å². The number of halogens is 7. The van der Waals surface area contributed by atoms with E-state index in [0.29, 0.717) is 6.07 Å². The first kappa shape index (κ1) is 12.0. The van der Waals surface area contributed by atoms with Crippen LogP contribution in [-0.2, 0) is 0 Å². The summed E-state index contributed by atoms with van der Waals surface area (Å²) in [6, 6.07) is 0.638. The van der Waals surface area contributed by atoms with E-state index in [1.807, 2.05) is 0 Å². The lowest BCUT2D eigenvalue weighted by atomic mass is 10.3. The molecule has 8 heteroatoms. The van der Waals surface area contributed by atoms with Crippen LogP contribution in [0.25, 0.3) is 0 Å². The van der Waals surface area contributed by atoms with Gasteiger partial charge in [-0.1, -0.05) is 19.4 Å². The van der Waals surface area contributed by atoms with Gasteiger partial charge in [-0.05, 0) is 40.8 Å². The Morgan fingerprint density at radius 2 is 1.50 bits per heavy atom. The molecular formula is C6H3F6IS. The highest BCUT2D eigenvalue weighted by molar-refractivity contribution is 14.1. The summed E-state index contributed by atoms with van der Waals surface area (Å²) < 4.78 is 72.9. The molecule has 0 fully saturated rings. The first-order valence-corrected chi connectivity index (χ1v) is 6.12. The second-order valence-electron chi connectivity index (χ2n) is 2.54. The smallest absolute Gasteiger partial charge is 0.206 e. The van der Waals surface area contributed by atoms with E-state index in [2.05, 4.69) is 0 Å². The van der Waals surface area contributed by atoms with Gasteiger partial charge in [0, 0.05) is 3.57 Å². The minimum absolute atomic E-state index is 0.145. The summed E-state index contributed by atoms with van der Waals surface area (Å²) in [6.45, 7) is 0. The zero-order valence-corrected chi connectivity index (χ0v) is 9.26. The van der Waals surface area contributed by atoms with Crippen molar-refractivity contribution in [3.05, 3.63) is 27.6 Å². The molecule has 1 rings (SSSR count). The maximum absolute atomic E-state index is 12.6. The maximum atomic E-state index is 12.6. The number of benzene rings is 1. The van der Waals surface area contributed by atoms with E-state index in [9.17, 15) is 23.8 Å². The van der Waals surface area contributed by atoms with Crippen molar-refractivity contribution in [2.45, 2.75) is 4.90 Å². The zero-order chi connectivity index (χ0) is 11.3. The van der Waals surface area contributed by atoms with Gasteiger partial charge in [0.25, 0.3) is 0 Å². The van der Waals surface area contributed by atoms with Crippen molar-refractivity contribution in [1.82, 2.24) is 0 Å². The molecule has 0 saturated heterocycles. The molecule has 0 aromatic heterocycles. The van der Waals surface area contributed by atoms with Gasteiger partial charge in [0.05, 0.1) is 0 Å². The van der Waals surface area contributed by atoms with E-state index in [1.54, 1.807) is 0 Å². The third-order valence-corrected chi connectivity index (χ3v) is 3.36. The highest BCUT2D eigenvalue weighted by Gasteiger charge is 2.65. The molecule has 0 aliphatic carbocycles. The average Bonchev–Trinajstić information content (AvgIpc) is 1.89. The summed E-state index contributed by atoms with van der Waals surface area (Å²) >= 11 is 1.40. The Hall–Kier alpha value is -0.120. The van der Waals surface area contributed by atoms with Crippen molar-refractivity contribution in [1.29, 1.82) is 0 Å². The molecule has 0 spiro atoms. The standard InChI is InChI=1S/C6H3F6IS/c7-5-3-4(1-2-6(5)13)14(8,9,10,11)12/h1-3H. The van der Waals surface area contributed by atoms with E-state index < -0.39 is 20.9 Å². The van der Waals surface area contributed by atoms with Gasteiger partial charge in [0.15, 0.2) is 0 Å². The Morgan fingerprint density at radius 3 is 1.86 bits per heavy atom. The SMILES string of the molecule is Fc1cc(S(F)(F)(F)(F)F)ccc1I. The number of hydrogen-bond acceptors (Lipinski definition) is 0. The molecule has 0 saturated carbocycles. The number of rotatable bonds is 1. The Bertz CT molecular complexity index is 382. The molecule has 0 bridgehead atoms. The number of hydrogen-bond donors (Lipinski definition) is 0. The van der Waals surface area contributed by atoms with Crippen molar-refractivity contribution >= 4 is 32.8 Å². The quantitative estimate of drug-likeness (QED) is 0.490. The van der Waals surface area contributed by atoms with Crippen LogP contribution in [0, 0.1) is 9.39 Å². The lowest BCUT2D eigenvalue weighted by Gasteiger charge is -2.40. The Kier molecular flexibility index (Phi) is 2.15. The molecule has 1 aromatic rings. The van der Waals surface area contributed by atoms with Crippen LogP contribution >= 0.6 is 32.8 Å². The molecule has 0 heterocycles. The predicted octanol–water partition coefficient (Wildman–Crippen LogP) is 5.09. The first-order valence-electron chi connectivity index (χ1n) is 3.09. The summed E-state index contributed by atoms with van der Waals surface area (Å²) in [5.74, 6) is -1.31. The van der Waals surface area contributed by atoms with E-state index in [1.165, 1.54) is 22.6 Å². The molecule has 0 radical (unpaired) electrons. The van der Waals surface area contributed by atoms with Gasteiger partial charge in [-0.25, -0.2) is 4.39 Å². The molecule has 0 N–H and O–H groups in total. The van der Waals surface area contributed by atoms with Crippen LogP contribution in [0.1, 0.15) is 0 Å². The summed E-state index contributed by atoms with van der Waals surface area (Å²) in [7, 11) is -9.73. The van der Waals surface area contributed by atoms with Gasteiger partial charge in [0.2, 0.25) is 0 Å². The molecule has 0 nitrogen and oxygen atoms in total. The van der Waals surface area contributed by atoms with Crippen LogP contribution < -0.4 is 0 Å². The van der Waals surface area contributed by atoms with E-state index in [0.717, 1.165) is 0 Å². The molecule has 1 aromatic carbocycles. The van der Waals surface area contributed by atoms with Gasteiger partial charge in [-0.2, -0.15) is 0 Å². The van der Waals surface area contributed by atoms with Crippen molar-refractivity contribution in [3.8, 4) is 0 Å². The molecule has 0 atom stereocenters. The largest absolute Gasteiger partial charge is 0.310 e. The Labute approximate surface area is 89.2 Å². The average molecular weight is 348 g/mol. The van der Waals surface area contributed by atoms with Crippen LogP contribution in [0.4, 0.5) is 23.8 Å². The second kappa shape index (κ2) is 2.52. The molecule has 0 aliphatic heterocycles. The molecule has 0 unspecified atom stereocenters. The van der Waals surface area contributed by atoms with E-state index >= 15 is 0 Å². The van der Waals surface area contributed by atoms with Crippen LogP contribution in [0.3, 0.4) is 0 Å². The summed E-state index contributed by atoms with van der Waals surface area (Å²) in [6.07, 6.45) is 0. The van der Waals surface area contributed by atoms with E-state index in [4.69, 9.17) is 0 Å². The topological polar surface area (TPSA) is 0 Å². The minimum Gasteiger partial charge on any atom is -0.206 e. The van der Waals surface area contributed by atoms with Gasteiger partial charge < -0.3 is 0 Å². The predicted molar refractivity (Wildman–Crippen MR) is 50.5 cm³/mol. The normalized spacial score (nSPS) is 17.4. The summed E-state index contributed by atoms with van der Waals surface area (Å²) in [5.41, 5.74) is 0. The fraction of sp³-hybridized carbons (Fsp3) is 0. The fourth-order valence-electron chi connectivity index (χ4n) is 0.717. The minimum atomic E-state index is -9.73.